The van der Waals surface area contributed by atoms with Gasteiger partial charge in [-0.15, -0.1) is 0 Å². The van der Waals surface area contributed by atoms with Crippen LogP contribution in [0.4, 0.5) is 17.1 Å². The number of amides is 2. The molecule has 0 heterocycles. The SMILES string of the molecule is CCS(=O)(=O)Nc1cccc(C(=O)Nc2cccc(NC(=O)C(C)(C)C)c2)c1. The molecule has 7 nitrogen and oxygen atoms in total. The molecule has 2 aromatic carbocycles. The first kappa shape index (κ1) is 21.4. The average molecular weight is 404 g/mol. The second-order valence-electron chi connectivity index (χ2n) is 7.33. The second kappa shape index (κ2) is 8.43. The number of hydrogen-bond acceptors (Lipinski definition) is 4. The largest absolute Gasteiger partial charge is 0.326 e. The van der Waals surface area contributed by atoms with Gasteiger partial charge in [0.05, 0.1) is 5.75 Å². The molecule has 3 N–H and O–H groups in total. The van der Waals surface area contributed by atoms with E-state index in [-0.39, 0.29) is 11.7 Å². The Morgan fingerprint density at radius 2 is 1.46 bits per heavy atom. The van der Waals surface area contributed by atoms with E-state index in [1.807, 2.05) is 20.8 Å². The van der Waals surface area contributed by atoms with Gasteiger partial charge < -0.3 is 10.6 Å². The highest BCUT2D eigenvalue weighted by molar-refractivity contribution is 7.92. The van der Waals surface area contributed by atoms with Crippen LogP contribution in [-0.2, 0) is 14.8 Å². The molecule has 0 radical (unpaired) electrons. The van der Waals surface area contributed by atoms with E-state index in [1.54, 1.807) is 42.5 Å². The van der Waals surface area contributed by atoms with Crippen molar-refractivity contribution in [1.29, 1.82) is 0 Å². The van der Waals surface area contributed by atoms with Crippen LogP contribution in [-0.4, -0.2) is 26.0 Å². The molecule has 28 heavy (non-hydrogen) atoms. The van der Waals surface area contributed by atoms with Crippen LogP contribution in [0.15, 0.2) is 48.5 Å². The van der Waals surface area contributed by atoms with Gasteiger partial charge in [0.2, 0.25) is 15.9 Å². The van der Waals surface area contributed by atoms with Gasteiger partial charge >= 0.3 is 0 Å². The first-order chi connectivity index (χ1) is 13.0. The lowest BCUT2D eigenvalue weighted by Crippen LogP contribution is -2.27. The van der Waals surface area contributed by atoms with E-state index in [0.717, 1.165) is 0 Å². The highest BCUT2D eigenvalue weighted by Gasteiger charge is 2.21. The summed E-state index contributed by atoms with van der Waals surface area (Å²) in [5.41, 5.74) is 1.17. The van der Waals surface area contributed by atoms with Gasteiger partial charge in [-0.25, -0.2) is 8.42 Å². The zero-order chi connectivity index (χ0) is 20.9. The Hall–Kier alpha value is -2.87. The Kier molecular flexibility index (Phi) is 6.45. The third-order valence-corrected chi connectivity index (χ3v) is 5.14. The first-order valence-electron chi connectivity index (χ1n) is 8.83. The molecular weight excluding hydrogens is 378 g/mol. The van der Waals surface area contributed by atoms with Crippen molar-refractivity contribution in [3.63, 3.8) is 0 Å². The van der Waals surface area contributed by atoms with Crippen molar-refractivity contribution in [1.82, 2.24) is 0 Å². The molecule has 8 heteroatoms. The topological polar surface area (TPSA) is 104 Å². The second-order valence-corrected chi connectivity index (χ2v) is 9.34. The third-order valence-electron chi connectivity index (χ3n) is 3.84. The van der Waals surface area contributed by atoms with Crippen LogP contribution in [0.3, 0.4) is 0 Å². The van der Waals surface area contributed by atoms with E-state index in [0.29, 0.717) is 22.6 Å². The lowest BCUT2D eigenvalue weighted by atomic mass is 9.95. The Balaban J connectivity index is 2.13. The molecule has 2 amide bonds. The predicted octanol–water partition coefficient (Wildman–Crippen LogP) is 3.69. The van der Waals surface area contributed by atoms with Crippen molar-refractivity contribution in [3.8, 4) is 0 Å². The van der Waals surface area contributed by atoms with Crippen molar-refractivity contribution in [3.05, 3.63) is 54.1 Å². The van der Waals surface area contributed by atoms with Gasteiger partial charge in [0.1, 0.15) is 0 Å². The van der Waals surface area contributed by atoms with Crippen molar-refractivity contribution in [2.24, 2.45) is 5.41 Å². The summed E-state index contributed by atoms with van der Waals surface area (Å²) in [6.45, 7) is 6.97. The Morgan fingerprint density at radius 1 is 0.893 bits per heavy atom. The molecule has 0 spiro atoms. The number of nitrogens with one attached hydrogen (secondary N) is 3. The molecule has 0 unspecified atom stereocenters. The summed E-state index contributed by atoms with van der Waals surface area (Å²) in [5, 5.41) is 5.56. The van der Waals surface area contributed by atoms with Crippen molar-refractivity contribution in [2.45, 2.75) is 27.7 Å². The number of rotatable bonds is 6. The number of anilines is 3. The van der Waals surface area contributed by atoms with Crippen LogP contribution in [0.2, 0.25) is 0 Å². The zero-order valence-electron chi connectivity index (χ0n) is 16.4. The fourth-order valence-corrected chi connectivity index (χ4v) is 2.80. The minimum absolute atomic E-state index is 0.0590. The van der Waals surface area contributed by atoms with E-state index in [4.69, 9.17) is 0 Å². The molecule has 2 aromatic rings. The molecule has 0 aliphatic carbocycles. The monoisotopic (exact) mass is 403 g/mol. The lowest BCUT2D eigenvalue weighted by molar-refractivity contribution is -0.123. The van der Waals surface area contributed by atoms with Crippen LogP contribution < -0.4 is 15.4 Å². The molecule has 0 aliphatic rings. The van der Waals surface area contributed by atoms with E-state index in [9.17, 15) is 18.0 Å². The highest BCUT2D eigenvalue weighted by Crippen LogP contribution is 2.21. The van der Waals surface area contributed by atoms with Crippen LogP contribution >= 0.6 is 0 Å². The molecule has 150 valence electrons. The molecule has 0 bridgehead atoms. The van der Waals surface area contributed by atoms with Crippen LogP contribution in [0.5, 0.6) is 0 Å². The highest BCUT2D eigenvalue weighted by atomic mass is 32.2. The van der Waals surface area contributed by atoms with Gasteiger partial charge in [-0.3, -0.25) is 14.3 Å². The molecule has 0 saturated heterocycles. The fraction of sp³-hybridized carbons (Fsp3) is 0.300. The summed E-state index contributed by atoms with van der Waals surface area (Å²) < 4.78 is 25.8. The van der Waals surface area contributed by atoms with Crippen LogP contribution in [0, 0.1) is 5.41 Å². The Morgan fingerprint density at radius 3 is 2.07 bits per heavy atom. The van der Waals surface area contributed by atoms with Gasteiger partial charge in [-0.05, 0) is 43.3 Å². The summed E-state index contributed by atoms with van der Waals surface area (Å²) in [6, 6.07) is 13.0. The van der Waals surface area contributed by atoms with Crippen molar-refractivity contribution >= 4 is 38.9 Å². The summed E-state index contributed by atoms with van der Waals surface area (Å²) in [5.74, 6) is -0.583. The summed E-state index contributed by atoms with van der Waals surface area (Å²) in [4.78, 5) is 24.6. The fourth-order valence-electron chi connectivity index (χ4n) is 2.17. The van der Waals surface area contributed by atoms with Gasteiger partial charge in [0.15, 0.2) is 0 Å². The Labute approximate surface area is 165 Å². The molecule has 0 atom stereocenters. The molecule has 0 fully saturated rings. The van der Waals surface area contributed by atoms with Crippen LogP contribution in [0.25, 0.3) is 0 Å². The molecule has 0 aromatic heterocycles. The van der Waals surface area contributed by atoms with Crippen LogP contribution in [0.1, 0.15) is 38.1 Å². The molecule has 0 aliphatic heterocycles. The normalized spacial score (nSPS) is 11.6. The number of carbonyl (C=O) groups excluding carboxylic acids is 2. The van der Waals surface area contributed by atoms with E-state index in [2.05, 4.69) is 15.4 Å². The quantitative estimate of drug-likeness (QED) is 0.684. The third kappa shape index (κ3) is 6.09. The minimum atomic E-state index is -3.43. The zero-order valence-corrected chi connectivity index (χ0v) is 17.2. The Bertz CT molecular complexity index is 979. The van der Waals surface area contributed by atoms with Crippen molar-refractivity contribution in [2.75, 3.05) is 21.1 Å². The number of benzene rings is 2. The molecular formula is C20H25N3O4S. The number of hydrogen-bond donors (Lipinski definition) is 3. The lowest BCUT2D eigenvalue weighted by Gasteiger charge is -2.18. The van der Waals surface area contributed by atoms with Crippen molar-refractivity contribution < 1.29 is 18.0 Å². The number of sulfonamides is 1. The van der Waals surface area contributed by atoms with E-state index < -0.39 is 21.3 Å². The minimum Gasteiger partial charge on any atom is -0.326 e. The summed E-state index contributed by atoms with van der Waals surface area (Å²) >= 11 is 0. The first-order valence-corrected chi connectivity index (χ1v) is 10.5. The van der Waals surface area contributed by atoms with E-state index in [1.165, 1.54) is 13.0 Å². The maximum absolute atomic E-state index is 12.5. The van der Waals surface area contributed by atoms with Gasteiger partial charge in [-0.1, -0.05) is 32.9 Å². The van der Waals surface area contributed by atoms with E-state index >= 15 is 0 Å². The smallest absolute Gasteiger partial charge is 0.255 e. The predicted molar refractivity (Wildman–Crippen MR) is 112 cm³/mol. The van der Waals surface area contributed by atoms with Gasteiger partial charge in [0, 0.05) is 28.0 Å². The van der Waals surface area contributed by atoms with Gasteiger partial charge in [-0.2, -0.15) is 0 Å². The standard InChI is InChI=1S/C20H25N3O4S/c1-5-28(26,27)23-17-11-6-8-14(12-17)18(24)21-15-9-7-10-16(13-15)22-19(25)20(2,3)4/h6-13,23H,5H2,1-4H3,(H,21,24)(H,22,25). The average Bonchev–Trinajstić information content (AvgIpc) is 2.61. The summed E-state index contributed by atoms with van der Waals surface area (Å²) in [7, 11) is -3.43. The maximum atomic E-state index is 12.5. The maximum Gasteiger partial charge on any atom is 0.255 e. The number of carbonyl (C=O) groups is 2. The summed E-state index contributed by atoms with van der Waals surface area (Å²) in [6.07, 6.45) is 0. The molecule has 0 saturated carbocycles. The molecule has 2 rings (SSSR count). The van der Waals surface area contributed by atoms with Gasteiger partial charge in [0.25, 0.3) is 5.91 Å².